The van der Waals surface area contributed by atoms with E-state index in [1.165, 1.54) is 0 Å². The van der Waals surface area contributed by atoms with Crippen LogP contribution in [-0.4, -0.2) is 74.4 Å². The average Bonchev–Trinajstić information content (AvgIpc) is 2.69. The van der Waals surface area contributed by atoms with E-state index in [0.717, 1.165) is 25.7 Å². The standard InChI is InChI=1S/C20H41N5O4S.HI/c1-8-20(9-2,24-18(26)29-19(4,5)6)15-22-17(21-7)23-16-11-13-25(14-12-16)30(27,28)10-3;/h16H,8-15H2,1-7H3,(H,24,26)(H2,21,22,23);1H. The Bertz CT molecular complexity index is 682. The zero-order valence-electron chi connectivity index (χ0n) is 20.1. The number of hydrogen-bond donors (Lipinski definition) is 3. The van der Waals surface area contributed by atoms with Gasteiger partial charge in [0.15, 0.2) is 5.96 Å². The van der Waals surface area contributed by atoms with E-state index in [2.05, 4.69) is 20.9 Å². The van der Waals surface area contributed by atoms with Gasteiger partial charge in [-0.05, 0) is 53.4 Å². The number of carbonyl (C=O) groups excluding carboxylic acids is 1. The fraction of sp³-hybridized carbons (Fsp3) is 0.900. The van der Waals surface area contributed by atoms with Gasteiger partial charge in [-0.3, -0.25) is 4.99 Å². The minimum absolute atomic E-state index is 0. The molecule has 1 heterocycles. The van der Waals surface area contributed by atoms with Gasteiger partial charge < -0.3 is 20.7 Å². The number of guanidine groups is 1. The van der Waals surface area contributed by atoms with Crippen molar-refractivity contribution in [1.29, 1.82) is 0 Å². The third-order valence-electron chi connectivity index (χ3n) is 5.49. The highest BCUT2D eigenvalue weighted by molar-refractivity contribution is 14.0. The summed E-state index contributed by atoms with van der Waals surface area (Å²) < 4.78 is 31.0. The van der Waals surface area contributed by atoms with Gasteiger partial charge in [0.05, 0.1) is 11.3 Å². The van der Waals surface area contributed by atoms with Crippen LogP contribution >= 0.6 is 24.0 Å². The molecule has 1 saturated heterocycles. The van der Waals surface area contributed by atoms with Crippen molar-refractivity contribution in [1.82, 2.24) is 20.3 Å². The van der Waals surface area contributed by atoms with E-state index < -0.39 is 27.3 Å². The minimum atomic E-state index is -3.13. The average molecular weight is 576 g/mol. The number of piperidine rings is 1. The lowest BCUT2D eigenvalue weighted by Crippen LogP contribution is -2.58. The van der Waals surface area contributed by atoms with Gasteiger partial charge in [0.1, 0.15) is 5.60 Å². The molecule has 0 aromatic rings. The largest absolute Gasteiger partial charge is 0.444 e. The first-order chi connectivity index (χ1) is 13.9. The smallest absolute Gasteiger partial charge is 0.408 e. The maximum absolute atomic E-state index is 12.3. The summed E-state index contributed by atoms with van der Waals surface area (Å²) in [7, 11) is -1.43. The van der Waals surface area contributed by atoms with Gasteiger partial charge in [0, 0.05) is 32.7 Å². The summed E-state index contributed by atoms with van der Waals surface area (Å²) in [4.78, 5) is 16.6. The Labute approximate surface area is 205 Å². The first-order valence-corrected chi connectivity index (χ1v) is 12.5. The molecule has 0 saturated carbocycles. The van der Waals surface area contributed by atoms with E-state index in [4.69, 9.17) is 4.74 Å². The fourth-order valence-corrected chi connectivity index (χ4v) is 4.48. The van der Waals surface area contributed by atoms with Crippen molar-refractivity contribution in [2.45, 2.75) is 84.4 Å². The van der Waals surface area contributed by atoms with Crippen LogP contribution in [0.3, 0.4) is 0 Å². The van der Waals surface area contributed by atoms with E-state index in [1.807, 2.05) is 34.6 Å². The topological polar surface area (TPSA) is 112 Å². The Morgan fingerprint density at radius 2 is 1.68 bits per heavy atom. The molecule has 1 fully saturated rings. The van der Waals surface area contributed by atoms with Gasteiger partial charge in [-0.2, -0.15) is 0 Å². The molecule has 31 heavy (non-hydrogen) atoms. The molecule has 184 valence electrons. The van der Waals surface area contributed by atoms with Crippen LogP contribution in [0.25, 0.3) is 0 Å². The number of nitrogens with zero attached hydrogens (tertiary/aromatic N) is 2. The summed E-state index contributed by atoms with van der Waals surface area (Å²) in [6, 6.07) is 0.149. The number of nitrogens with one attached hydrogen (secondary N) is 3. The summed E-state index contributed by atoms with van der Waals surface area (Å²) in [5, 5.41) is 9.72. The molecule has 0 atom stereocenters. The molecular formula is C20H42IN5O4S. The number of rotatable bonds is 8. The number of alkyl carbamates (subject to hydrolysis) is 1. The SMILES string of the molecule is CCC(CC)(CNC(=NC)NC1CCN(S(=O)(=O)CC)CC1)NC(=O)OC(C)(C)C.I. The van der Waals surface area contributed by atoms with Crippen LogP contribution in [0, 0.1) is 0 Å². The van der Waals surface area contributed by atoms with Crippen molar-refractivity contribution < 1.29 is 17.9 Å². The second-order valence-corrected chi connectivity index (χ2v) is 11.0. The molecule has 9 nitrogen and oxygen atoms in total. The highest BCUT2D eigenvalue weighted by Gasteiger charge is 2.31. The molecule has 0 unspecified atom stereocenters. The van der Waals surface area contributed by atoms with Crippen LogP contribution in [0.15, 0.2) is 4.99 Å². The number of sulfonamides is 1. The maximum atomic E-state index is 12.3. The molecule has 0 spiro atoms. The van der Waals surface area contributed by atoms with Gasteiger partial charge in [0.2, 0.25) is 10.0 Å². The van der Waals surface area contributed by atoms with Gasteiger partial charge in [-0.1, -0.05) is 13.8 Å². The molecule has 1 aliphatic rings. The third-order valence-corrected chi connectivity index (χ3v) is 7.37. The quantitative estimate of drug-likeness (QED) is 0.233. The lowest BCUT2D eigenvalue weighted by Gasteiger charge is -2.35. The molecule has 1 aliphatic heterocycles. The van der Waals surface area contributed by atoms with Crippen molar-refractivity contribution in [2.75, 3.05) is 32.4 Å². The minimum Gasteiger partial charge on any atom is -0.444 e. The fourth-order valence-electron chi connectivity index (χ4n) is 3.34. The molecule has 3 N–H and O–H groups in total. The zero-order chi connectivity index (χ0) is 23.0. The summed E-state index contributed by atoms with van der Waals surface area (Å²) >= 11 is 0. The predicted octanol–water partition coefficient (Wildman–Crippen LogP) is 2.67. The summed E-state index contributed by atoms with van der Waals surface area (Å²) in [6.07, 6.45) is 2.49. The number of carbonyl (C=O) groups is 1. The Morgan fingerprint density at radius 1 is 1.13 bits per heavy atom. The van der Waals surface area contributed by atoms with Crippen molar-refractivity contribution in [2.24, 2.45) is 4.99 Å². The molecule has 0 aromatic heterocycles. The molecule has 0 bridgehead atoms. The molecule has 11 heteroatoms. The number of amides is 1. The normalized spacial score (nSPS) is 16.9. The Balaban J connectivity index is 0.00000900. The molecular weight excluding hydrogens is 533 g/mol. The van der Waals surface area contributed by atoms with E-state index in [0.29, 0.717) is 25.6 Å². The first kappa shape index (κ1) is 30.2. The molecule has 1 amide bonds. The molecule has 0 radical (unpaired) electrons. The van der Waals surface area contributed by atoms with Crippen LogP contribution in [0.4, 0.5) is 4.79 Å². The highest BCUT2D eigenvalue weighted by Crippen LogP contribution is 2.17. The first-order valence-electron chi connectivity index (χ1n) is 10.9. The van der Waals surface area contributed by atoms with Crippen molar-refractivity contribution in [3.05, 3.63) is 0 Å². The number of hydrogen-bond acceptors (Lipinski definition) is 5. The van der Waals surface area contributed by atoms with Gasteiger partial charge in [-0.25, -0.2) is 17.5 Å². The van der Waals surface area contributed by atoms with E-state index in [1.54, 1.807) is 18.3 Å². The Hall–Kier alpha value is -0.820. The van der Waals surface area contributed by atoms with Gasteiger partial charge in [-0.15, -0.1) is 24.0 Å². The second-order valence-electron chi connectivity index (χ2n) is 8.76. The van der Waals surface area contributed by atoms with E-state index in [-0.39, 0.29) is 35.8 Å². The summed E-state index contributed by atoms with van der Waals surface area (Å²) in [6.45, 7) is 12.8. The summed E-state index contributed by atoms with van der Waals surface area (Å²) in [5.41, 5.74) is -1.01. The number of aliphatic imine (C=N–C) groups is 1. The second kappa shape index (κ2) is 13.0. The summed E-state index contributed by atoms with van der Waals surface area (Å²) in [5.74, 6) is 0.777. The van der Waals surface area contributed by atoms with Gasteiger partial charge >= 0.3 is 6.09 Å². The lowest BCUT2D eigenvalue weighted by atomic mass is 9.93. The van der Waals surface area contributed by atoms with Crippen LogP contribution in [0.1, 0.15) is 67.2 Å². The highest BCUT2D eigenvalue weighted by atomic mass is 127. The van der Waals surface area contributed by atoms with E-state index in [9.17, 15) is 13.2 Å². The third kappa shape index (κ3) is 10.1. The van der Waals surface area contributed by atoms with Gasteiger partial charge in [0.25, 0.3) is 0 Å². The molecule has 1 rings (SSSR count). The maximum Gasteiger partial charge on any atom is 0.408 e. The van der Waals surface area contributed by atoms with Crippen molar-refractivity contribution >= 4 is 46.1 Å². The predicted molar refractivity (Wildman–Crippen MR) is 137 cm³/mol. The number of halogens is 1. The van der Waals surface area contributed by atoms with Crippen LogP contribution < -0.4 is 16.0 Å². The monoisotopic (exact) mass is 575 g/mol. The zero-order valence-corrected chi connectivity index (χ0v) is 23.2. The van der Waals surface area contributed by atoms with Crippen LogP contribution in [0.2, 0.25) is 0 Å². The van der Waals surface area contributed by atoms with Crippen molar-refractivity contribution in [3.63, 3.8) is 0 Å². The Morgan fingerprint density at radius 3 is 2.10 bits per heavy atom. The molecule has 0 aliphatic carbocycles. The van der Waals surface area contributed by atoms with Crippen molar-refractivity contribution in [3.8, 4) is 0 Å². The number of ether oxygens (including phenoxy) is 1. The van der Waals surface area contributed by atoms with Crippen LogP contribution in [-0.2, 0) is 14.8 Å². The Kier molecular flexibility index (Phi) is 12.7. The van der Waals surface area contributed by atoms with Crippen LogP contribution in [0.5, 0.6) is 0 Å². The van der Waals surface area contributed by atoms with E-state index >= 15 is 0 Å². The molecule has 0 aromatic carbocycles. The lowest BCUT2D eigenvalue weighted by molar-refractivity contribution is 0.0448.